The molecule has 0 unspecified atom stereocenters. The second-order valence-electron chi connectivity index (χ2n) is 6.47. The molecule has 0 N–H and O–H groups in total. The van der Waals surface area contributed by atoms with Crippen molar-refractivity contribution in [3.63, 3.8) is 0 Å². The van der Waals surface area contributed by atoms with E-state index in [1.165, 1.54) is 18.6 Å². The molecule has 1 fully saturated rings. The van der Waals surface area contributed by atoms with Gasteiger partial charge in [0, 0.05) is 25.1 Å². The molecule has 126 valence electrons. The molecule has 0 saturated heterocycles. The number of carbonyl (C=O) groups excluding carboxylic acids is 1. The van der Waals surface area contributed by atoms with Crippen molar-refractivity contribution in [2.45, 2.75) is 32.2 Å². The zero-order chi connectivity index (χ0) is 17.3. The summed E-state index contributed by atoms with van der Waals surface area (Å²) in [5.41, 5.74) is 0.779. The summed E-state index contributed by atoms with van der Waals surface area (Å²) in [6.07, 6.45) is 1.38. The van der Waals surface area contributed by atoms with E-state index >= 15 is 0 Å². The number of hydrogen-bond donors (Lipinski definition) is 0. The Morgan fingerprint density at radius 1 is 1.29 bits per heavy atom. The van der Waals surface area contributed by atoms with Crippen molar-refractivity contribution in [2.24, 2.45) is 5.92 Å². The van der Waals surface area contributed by atoms with E-state index in [1.54, 1.807) is 24.1 Å². The van der Waals surface area contributed by atoms with Gasteiger partial charge in [0.15, 0.2) is 0 Å². The molecule has 1 aliphatic carbocycles. The van der Waals surface area contributed by atoms with Crippen LogP contribution in [-0.2, 0) is 17.8 Å². The fourth-order valence-electron chi connectivity index (χ4n) is 2.76. The highest BCUT2D eigenvalue weighted by Crippen LogP contribution is 2.47. The zero-order valence-electron chi connectivity index (χ0n) is 13.8. The molecule has 6 heteroatoms. The lowest BCUT2D eigenvalue weighted by atomic mass is 10.1. The van der Waals surface area contributed by atoms with Crippen molar-refractivity contribution in [3.8, 4) is 0 Å². The van der Waals surface area contributed by atoms with Crippen LogP contribution < -0.4 is 0 Å². The van der Waals surface area contributed by atoms with Crippen LogP contribution in [0.2, 0.25) is 0 Å². The summed E-state index contributed by atoms with van der Waals surface area (Å²) in [6, 6.07) is 9.98. The Bertz CT molecular complexity index is 751. The van der Waals surface area contributed by atoms with Crippen LogP contribution in [0, 0.1) is 16.0 Å². The third-order valence-corrected chi connectivity index (χ3v) is 4.48. The predicted molar refractivity (Wildman–Crippen MR) is 88.5 cm³/mol. The zero-order valence-corrected chi connectivity index (χ0v) is 13.8. The molecule has 0 bridgehead atoms. The van der Waals surface area contributed by atoms with Crippen LogP contribution in [0.5, 0.6) is 0 Å². The standard InChI is InChI=1S/C18H20N2O4/c1-12-9-16(12)17-8-7-15(24-17)11-19(2)18(21)10-13-3-5-14(6-4-13)20(22)23/h3-8,12,16H,9-11H2,1-2H3/t12-,16-/m1/s1. The van der Waals surface area contributed by atoms with Gasteiger partial charge in [-0.15, -0.1) is 0 Å². The maximum Gasteiger partial charge on any atom is 0.269 e. The van der Waals surface area contributed by atoms with Gasteiger partial charge in [-0.25, -0.2) is 0 Å². The summed E-state index contributed by atoms with van der Waals surface area (Å²) >= 11 is 0. The fourth-order valence-corrected chi connectivity index (χ4v) is 2.76. The molecule has 1 heterocycles. The summed E-state index contributed by atoms with van der Waals surface area (Å²) in [5, 5.41) is 10.6. The molecule has 2 atom stereocenters. The average Bonchev–Trinajstić information content (AvgIpc) is 3.10. The second kappa shape index (κ2) is 6.47. The van der Waals surface area contributed by atoms with Gasteiger partial charge in [0.05, 0.1) is 17.9 Å². The van der Waals surface area contributed by atoms with Crippen molar-refractivity contribution in [2.75, 3.05) is 7.05 Å². The predicted octanol–water partition coefficient (Wildman–Crippen LogP) is 3.51. The first-order valence-corrected chi connectivity index (χ1v) is 8.00. The molecule has 1 aliphatic rings. The fraction of sp³-hybridized carbons (Fsp3) is 0.389. The Labute approximate surface area is 140 Å². The molecular formula is C18H20N2O4. The molecular weight excluding hydrogens is 308 g/mol. The van der Waals surface area contributed by atoms with Crippen LogP contribution in [0.4, 0.5) is 5.69 Å². The van der Waals surface area contributed by atoms with E-state index in [4.69, 9.17) is 4.42 Å². The molecule has 1 aromatic heterocycles. The monoisotopic (exact) mass is 328 g/mol. The summed E-state index contributed by atoms with van der Waals surface area (Å²) in [7, 11) is 1.73. The van der Waals surface area contributed by atoms with Gasteiger partial charge in [0.25, 0.3) is 5.69 Å². The van der Waals surface area contributed by atoms with E-state index in [9.17, 15) is 14.9 Å². The molecule has 1 aromatic carbocycles. The number of amides is 1. The number of nitro benzene ring substituents is 1. The van der Waals surface area contributed by atoms with E-state index in [0.29, 0.717) is 18.4 Å². The summed E-state index contributed by atoms with van der Waals surface area (Å²) in [6.45, 7) is 2.62. The van der Waals surface area contributed by atoms with Crippen LogP contribution in [-0.4, -0.2) is 22.8 Å². The third-order valence-electron chi connectivity index (χ3n) is 4.48. The Kier molecular flexibility index (Phi) is 4.38. The Balaban J connectivity index is 1.56. The molecule has 0 spiro atoms. The Hall–Kier alpha value is -2.63. The van der Waals surface area contributed by atoms with Gasteiger partial charge in [-0.05, 0) is 30.0 Å². The Morgan fingerprint density at radius 2 is 1.96 bits per heavy atom. The quantitative estimate of drug-likeness (QED) is 0.600. The first-order valence-electron chi connectivity index (χ1n) is 8.00. The minimum absolute atomic E-state index is 0.0250. The van der Waals surface area contributed by atoms with E-state index in [2.05, 4.69) is 6.92 Å². The topological polar surface area (TPSA) is 76.6 Å². The maximum atomic E-state index is 12.3. The van der Waals surface area contributed by atoms with E-state index < -0.39 is 4.92 Å². The van der Waals surface area contributed by atoms with Gasteiger partial charge in [-0.3, -0.25) is 14.9 Å². The van der Waals surface area contributed by atoms with Crippen LogP contribution in [0.25, 0.3) is 0 Å². The minimum atomic E-state index is -0.451. The number of nitro groups is 1. The number of rotatable bonds is 6. The highest BCUT2D eigenvalue weighted by Gasteiger charge is 2.36. The van der Waals surface area contributed by atoms with Crippen molar-refractivity contribution in [1.82, 2.24) is 4.90 Å². The highest BCUT2D eigenvalue weighted by atomic mass is 16.6. The van der Waals surface area contributed by atoms with Crippen molar-refractivity contribution >= 4 is 11.6 Å². The van der Waals surface area contributed by atoms with E-state index in [-0.39, 0.29) is 18.0 Å². The van der Waals surface area contributed by atoms with Crippen molar-refractivity contribution < 1.29 is 14.1 Å². The van der Waals surface area contributed by atoms with Gasteiger partial charge in [0.2, 0.25) is 5.91 Å². The summed E-state index contributed by atoms with van der Waals surface area (Å²) in [5.74, 6) is 2.95. The average molecular weight is 328 g/mol. The van der Waals surface area contributed by atoms with Gasteiger partial charge in [-0.1, -0.05) is 19.1 Å². The van der Waals surface area contributed by atoms with Crippen molar-refractivity contribution in [1.29, 1.82) is 0 Å². The lowest BCUT2D eigenvalue weighted by Gasteiger charge is -2.15. The lowest BCUT2D eigenvalue weighted by Crippen LogP contribution is -2.27. The summed E-state index contributed by atoms with van der Waals surface area (Å²) in [4.78, 5) is 24.1. The molecule has 24 heavy (non-hydrogen) atoms. The van der Waals surface area contributed by atoms with Crippen LogP contribution in [0.15, 0.2) is 40.8 Å². The SMILES string of the molecule is C[C@@H]1C[C@H]1c1ccc(CN(C)C(=O)Cc2ccc([N+](=O)[O-])cc2)o1. The first-order chi connectivity index (χ1) is 11.4. The normalized spacial score (nSPS) is 19.1. The maximum absolute atomic E-state index is 12.3. The van der Waals surface area contributed by atoms with Gasteiger partial charge in [0.1, 0.15) is 11.5 Å². The van der Waals surface area contributed by atoms with Crippen LogP contribution in [0.3, 0.4) is 0 Å². The van der Waals surface area contributed by atoms with E-state index in [0.717, 1.165) is 17.1 Å². The lowest BCUT2D eigenvalue weighted by molar-refractivity contribution is -0.384. The molecule has 6 nitrogen and oxygen atoms in total. The number of hydrogen-bond acceptors (Lipinski definition) is 4. The largest absolute Gasteiger partial charge is 0.464 e. The van der Waals surface area contributed by atoms with Gasteiger partial charge in [-0.2, -0.15) is 0 Å². The van der Waals surface area contributed by atoms with Crippen LogP contribution >= 0.6 is 0 Å². The first kappa shape index (κ1) is 16.2. The minimum Gasteiger partial charge on any atom is -0.464 e. The number of nitrogens with zero attached hydrogens (tertiary/aromatic N) is 2. The Morgan fingerprint density at radius 3 is 2.54 bits per heavy atom. The van der Waals surface area contributed by atoms with Gasteiger partial charge < -0.3 is 9.32 Å². The third kappa shape index (κ3) is 3.64. The molecule has 1 saturated carbocycles. The van der Waals surface area contributed by atoms with E-state index in [1.807, 2.05) is 12.1 Å². The number of non-ortho nitro benzene ring substituents is 1. The molecule has 0 radical (unpaired) electrons. The van der Waals surface area contributed by atoms with Gasteiger partial charge >= 0.3 is 0 Å². The molecule has 2 aromatic rings. The number of furan rings is 1. The molecule has 3 rings (SSSR count). The smallest absolute Gasteiger partial charge is 0.269 e. The summed E-state index contributed by atoms with van der Waals surface area (Å²) < 4.78 is 5.82. The second-order valence-corrected chi connectivity index (χ2v) is 6.47. The molecule has 1 amide bonds. The highest BCUT2D eigenvalue weighted by molar-refractivity contribution is 5.78. The number of carbonyl (C=O) groups is 1. The molecule has 0 aliphatic heterocycles. The van der Waals surface area contributed by atoms with Crippen LogP contribution in [0.1, 0.15) is 36.3 Å². The number of benzene rings is 1. The van der Waals surface area contributed by atoms with Crippen molar-refractivity contribution in [3.05, 3.63) is 63.6 Å². The number of likely N-dealkylation sites (N-methyl/N-ethyl adjacent to an activating group) is 1.